The summed E-state index contributed by atoms with van der Waals surface area (Å²) >= 11 is 0. The molecule has 1 atom stereocenters. The van der Waals surface area contributed by atoms with Crippen LogP contribution < -0.4 is 5.32 Å². The van der Waals surface area contributed by atoms with Gasteiger partial charge in [-0.2, -0.15) is 0 Å². The lowest BCUT2D eigenvalue weighted by Crippen LogP contribution is -2.31. The van der Waals surface area contributed by atoms with Crippen LogP contribution in [0.4, 0.5) is 10.1 Å². The van der Waals surface area contributed by atoms with Gasteiger partial charge in [0.2, 0.25) is 0 Å². The summed E-state index contributed by atoms with van der Waals surface area (Å²) in [4.78, 5) is 11.8. The van der Waals surface area contributed by atoms with Gasteiger partial charge in [-0.15, -0.1) is 0 Å². The van der Waals surface area contributed by atoms with E-state index in [2.05, 4.69) is 5.32 Å². The van der Waals surface area contributed by atoms with E-state index in [0.717, 1.165) is 12.0 Å². The van der Waals surface area contributed by atoms with E-state index in [0.29, 0.717) is 12.1 Å². The molecular weight excluding hydrogens is 269 g/mol. The minimum atomic E-state index is -0.503. The van der Waals surface area contributed by atoms with E-state index < -0.39 is 6.04 Å². The molecule has 0 amide bonds. The highest BCUT2D eigenvalue weighted by Crippen LogP contribution is 2.14. The number of benzene rings is 2. The van der Waals surface area contributed by atoms with Crippen LogP contribution in [0.1, 0.15) is 12.0 Å². The second kappa shape index (κ2) is 7.43. The second-order valence-corrected chi connectivity index (χ2v) is 4.75. The summed E-state index contributed by atoms with van der Waals surface area (Å²) in [5.41, 5.74) is 1.71. The normalized spacial score (nSPS) is 11.7. The number of esters is 1. The molecule has 110 valence electrons. The highest BCUT2D eigenvalue weighted by molar-refractivity contribution is 5.79. The van der Waals surface area contributed by atoms with Crippen LogP contribution in [0, 0.1) is 5.82 Å². The molecule has 0 fully saturated rings. The topological polar surface area (TPSA) is 38.3 Å². The molecule has 1 N–H and O–H groups in total. The van der Waals surface area contributed by atoms with E-state index >= 15 is 0 Å². The van der Waals surface area contributed by atoms with Crippen LogP contribution in [0.25, 0.3) is 0 Å². The van der Waals surface area contributed by atoms with Gasteiger partial charge in [0.1, 0.15) is 11.9 Å². The van der Waals surface area contributed by atoms with Crippen LogP contribution in [0.15, 0.2) is 54.6 Å². The SMILES string of the molecule is COC(=O)C(CCc1ccccc1)Nc1cccc(F)c1. The van der Waals surface area contributed by atoms with Crippen molar-refractivity contribution in [1.82, 2.24) is 0 Å². The summed E-state index contributed by atoms with van der Waals surface area (Å²) in [7, 11) is 1.35. The van der Waals surface area contributed by atoms with Crippen molar-refractivity contribution >= 4 is 11.7 Å². The van der Waals surface area contributed by atoms with Crippen molar-refractivity contribution in [3.63, 3.8) is 0 Å². The number of methoxy groups -OCH3 is 1. The van der Waals surface area contributed by atoms with Crippen LogP contribution >= 0.6 is 0 Å². The lowest BCUT2D eigenvalue weighted by Gasteiger charge is -2.17. The summed E-state index contributed by atoms with van der Waals surface area (Å²) in [5.74, 6) is -0.693. The molecule has 0 aliphatic heterocycles. The van der Waals surface area contributed by atoms with Crippen molar-refractivity contribution in [2.45, 2.75) is 18.9 Å². The molecule has 3 nitrogen and oxygen atoms in total. The van der Waals surface area contributed by atoms with Gasteiger partial charge in [0.25, 0.3) is 0 Å². The average molecular weight is 287 g/mol. The third-order valence-corrected chi connectivity index (χ3v) is 3.22. The van der Waals surface area contributed by atoms with Crippen molar-refractivity contribution in [1.29, 1.82) is 0 Å². The van der Waals surface area contributed by atoms with E-state index in [1.807, 2.05) is 30.3 Å². The Morgan fingerprint density at radius 2 is 1.95 bits per heavy atom. The third kappa shape index (κ3) is 4.60. The van der Waals surface area contributed by atoms with Crippen LogP contribution in [0.5, 0.6) is 0 Å². The Hall–Kier alpha value is -2.36. The van der Waals surface area contributed by atoms with E-state index in [-0.39, 0.29) is 11.8 Å². The Morgan fingerprint density at radius 3 is 2.62 bits per heavy atom. The summed E-state index contributed by atoms with van der Waals surface area (Å²) in [6, 6.07) is 15.4. The van der Waals surface area contributed by atoms with Crippen LogP contribution in [0.3, 0.4) is 0 Å². The summed E-state index contributed by atoms with van der Waals surface area (Å²) in [6.07, 6.45) is 1.32. The minimum Gasteiger partial charge on any atom is -0.467 e. The molecule has 0 saturated heterocycles. The Kier molecular flexibility index (Phi) is 5.32. The van der Waals surface area contributed by atoms with Gasteiger partial charge in [0.15, 0.2) is 0 Å². The number of hydrogen-bond acceptors (Lipinski definition) is 3. The molecule has 0 bridgehead atoms. The monoisotopic (exact) mass is 287 g/mol. The number of hydrogen-bond donors (Lipinski definition) is 1. The van der Waals surface area contributed by atoms with E-state index in [1.54, 1.807) is 12.1 Å². The highest BCUT2D eigenvalue weighted by atomic mass is 19.1. The number of anilines is 1. The Balaban J connectivity index is 2.03. The van der Waals surface area contributed by atoms with Gasteiger partial charge < -0.3 is 10.1 Å². The first-order valence-electron chi connectivity index (χ1n) is 6.83. The molecule has 0 heterocycles. The molecule has 4 heteroatoms. The van der Waals surface area contributed by atoms with Gasteiger partial charge in [-0.3, -0.25) is 0 Å². The number of rotatable bonds is 6. The number of nitrogens with one attached hydrogen (secondary N) is 1. The summed E-state index contributed by atoms with van der Waals surface area (Å²) < 4.78 is 18.0. The van der Waals surface area contributed by atoms with Crippen molar-refractivity contribution in [3.8, 4) is 0 Å². The maximum Gasteiger partial charge on any atom is 0.328 e. The molecule has 0 spiro atoms. The molecule has 2 aromatic carbocycles. The lowest BCUT2D eigenvalue weighted by molar-refractivity contribution is -0.141. The first kappa shape index (κ1) is 15.0. The van der Waals surface area contributed by atoms with Crippen LogP contribution in [0.2, 0.25) is 0 Å². The molecule has 2 aromatic rings. The molecule has 1 unspecified atom stereocenters. The van der Waals surface area contributed by atoms with Crippen LogP contribution in [-0.2, 0) is 16.0 Å². The molecule has 0 aromatic heterocycles. The smallest absolute Gasteiger partial charge is 0.328 e. The Labute approximate surface area is 123 Å². The van der Waals surface area contributed by atoms with Gasteiger partial charge in [-0.1, -0.05) is 36.4 Å². The molecule has 0 saturated carbocycles. The second-order valence-electron chi connectivity index (χ2n) is 4.75. The predicted molar refractivity (Wildman–Crippen MR) is 80.6 cm³/mol. The standard InChI is InChI=1S/C17H18FNO2/c1-21-17(20)16(11-10-13-6-3-2-4-7-13)19-15-9-5-8-14(18)12-15/h2-9,12,16,19H,10-11H2,1H3. The molecular formula is C17H18FNO2. The van der Waals surface area contributed by atoms with Gasteiger partial charge in [0, 0.05) is 5.69 Å². The highest BCUT2D eigenvalue weighted by Gasteiger charge is 2.18. The van der Waals surface area contributed by atoms with Crippen molar-refractivity contribution < 1.29 is 13.9 Å². The zero-order chi connectivity index (χ0) is 15.1. The number of aryl methyl sites for hydroxylation is 1. The zero-order valence-electron chi connectivity index (χ0n) is 11.9. The van der Waals surface area contributed by atoms with Crippen LogP contribution in [-0.4, -0.2) is 19.1 Å². The molecule has 0 aliphatic rings. The predicted octanol–water partition coefficient (Wildman–Crippen LogP) is 3.41. The maximum atomic E-state index is 13.2. The summed E-state index contributed by atoms with van der Waals surface area (Å²) in [5, 5.41) is 3.03. The number of ether oxygens (including phenoxy) is 1. The van der Waals surface area contributed by atoms with E-state index in [9.17, 15) is 9.18 Å². The van der Waals surface area contributed by atoms with Crippen molar-refractivity contribution in [3.05, 3.63) is 66.0 Å². The molecule has 21 heavy (non-hydrogen) atoms. The fraction of sp³-hybridized carbons (Fsp3) is 0.235. The fourth-order valence-electron chi connectivity index (χ4n) is 2.13. The first-order valence-corrected chi connectivity index (χ1v) is 6.83. The maximum absolute atomic E-state index is 13.2. The Bertz CT molecular complexity index is 586. The minimum absolute atomic E-state index is 0.341. The van der Waals surface area contributed by atoms with E-state index in [1.165, 1.54) is 19.2 Å². The Morgan fingerprint density at radius 1 is 1.19 bits per heavy atom. The van der Waals surface area contributed by atoms with Gasteiger partial charge in [0.05, 0.1) is 7.11 Å². The third-order valence-electron chi connectivity index (χ3n) is 3.22. The molecule has 0 radical (unpaired) electrons. The summed E-state index contributed by atoms with van der Waals surface area (Å²) in [6.45, 7) is 0. The van der Waals surface area contributed by atoms with Gasteiger partial charge in [-0.25, -0.2) is 9.18 Å². The number of carbonyl (C=O) groups excluding carboxylic acids is 1. The number of carbonyl (C=O) groups is 1. The largest absolute Gasteiger partial charge is 0.467 e. The quantitative estimate of drug-likeness (QED) is 0.827. The van der Waals surface area contributed by atoms with Gasteiger partial charge in [-0.05, 0) is 36.6 Å². The molecule has 0 aliphatic carbocycles. The molecule has 2 rings (SSSR count). The first-order chi connectivity index (χ1) is 10.2. The van der Waals surface area contributed by atoms with Gasteiger partial charge >= 0.3 is 5.97 Å². The average Bonchev–Trinajstić information content (AvgIpc) is 2.51. The lowest BCUT2D eigenvalue weighted by atomic mass is 10.0. The van der Waals surface area contributed by atoms with E-state index in [4.69, 9.17) is 4.74 Å². The number of halogens is 1. The van der Waals surface area contributed by atoms with Crippen molar-refractivity contribution in [2.24, 2.45) is 0 Å². The fourth-order valence-corrected chi connectivity index (χ4v) is 2.13. The zero-order valence-corrected chi connectivity index (χ0v) is 11.9. The van der Waals surface area contributed by atoms with Crippen molar-refractivity contribution in [2.75, 3.05) is 12.4 Å².